The molecule has 0 saturated heterocycles. The van der Waals surface area contributed by atoms with Gasteiger partial charge in [0.05, 0.1) is 5.69 Å². The number of rotatable bonds is 10. The van der Waals surface area contributed by atoms with E-state index in [2.05, 4.69) is 5.32 Å². The third-order valence-electron chi connectivity index (χ3n) is 5.10. The predicted octanol–water partition coefficient (Wildman–Crippen LogP) is 2.55. The van der Waals surface area contributed by atoms with Gasteiger partial charge in [0.15, 0.2) is 0 Å². The molecule has 0 saturated carbocycles. The van der Waals surface area contributed by atoms with Gasteiger partial charge in [0.2, 0.25) is 11.8 Å². The summed E-state index contributed by atoms with van der Waals surface area (Å²) >= 11 is 0. The number of hydrogen-bond acceptors (Lipinski definition) is 4. The maximum Gasteiger partial charge on any atom is 0.304 e. The number of hydrogen-bond donors (Lipinski definition) is 1. The first-order chi connectivity index (χ1) is 15.4. The van der Waals surface area contributed by atoms with Crippen molar-refractivity contribution in [1.82, 2.24) is 14.5 Å². The van der Waals surface area contributed by atoms with Crippen LogP contribution in [-0.2, 0) is 26.3 Å². The summed E-state index contributed by atoms with van der Waals surface area (Å²) < 4.78 is 28.2. The number of benzene rings is 2. The van der Waals surface area contributed by atoms with Crippen LogP contribution >= 0.6 is 0 Å². The second-order valence-corrected chi connectivity index (χ2v) is 10.5. The van der Waals surface area contributed by atoms with Crippen molar-refractivity contribution in [3.63, 3.8) is 0 Å². The number of nitrogens with one attached hydrogen (secondary N) is 1. The average molecular weight is 475 g/mol. The molecule has 0 aliphatic heterocycles. The molecule has 2 aromatic carbocycles. The van der Waals surface area contributed by atoms with Crippen LogP contribution in [-0.4, -0.2) is 62.2 Å². The highest BCUT2D eigenvalue weighted by atomic mass is 32.2. The molecule has 2 rings (SSSR count). The Hall–Kier alpha value is -2.91. The smallest absolute Gasteiger partial charge is 0.304 e. The molecular formula is C24H34N4O4S. The van der Waals surface area contributed by atoms with Crippen molar-refractivity contribution in [3.05, 3.63) is 65.7 Å². The van der Waals surface area contributed by atoms with Gasteiger partial charge in [-0.25, -0.2) is 4.31 Å². The molecule has 2 aromatic rings. The topological polar surface area (TPSA) is 90.0 Å². The van der Waals surface area contributed by atoms with E-state index in [0.29, 0.717) is 5.69 Å². The van der Waals surface area contributed by atoms with Gasteiger partial charge in [-0.3, -0.25) is 9.59 Å². The average Bonchev–Trinajstić information content (AvgIpc) is 2.75. The summed E-state index contributed by atoms with van der Waals surface area (Å²) in [6, 6.07) is 15.2. The SMILES string of the molecule is Cc1cccc(CN(C(=O)CN(c2ccccc2)S(=O)(=O)N(C)C)[C@H](C)C(=O)NC(C)C)c1. The summed E-state index contributed by atoms with van der Waals surface area (Å²) in [6.45, 7) is 7.04. The van der Waals surface area contributed by atoms with Gasteiger partial charge in [-0.15, -0.1) is 0 Å². The fourth-order valence-electron chi connectivity index (χ4n) is 3.31. The van der Waals surface area contributed by atoms with Gasteiger partial charge in [0.25, 0.3) is 0 Å². The van der Waals surface area contributed by atoms with E-state index in [-0.39, 0.29) is 18.5 Å². The van der Waals surface area contributed by atoms with E-state index >= 15 is 0 Å². The van der Waals surface area contributed by atoms with Crippen molar-refractivity contribution >= 4 is 27.7 Å². The molecule has 33 heavy (non-hydrogen) atoms. The summed E-state index contributed by atoms with van der Waals surface area (Å²) in [4.78, 5) is 27.7. The molecule has 0 spiro atoms. The zero-order chi connectivity index (χ0) is 24.8. The molecule has 9 heteroatoms. The molecule has 0 aliphatic carbocycles. The monoisotopic (exact) mass is 474 g/mol. The summed E-state index contributed by atoms with van der Waals surface area (Å²) in [7, 11) is -1.12. The maximum atomic E-state index is 13.5. The van der Waals surface area contributed by atoms with E-state index in [4.69, 9.17) is 0 Å². The Bertz CT molecular complexity index is 1060. The van der Waals surface area contributed by atoms with E-state index < -0.39 is 28.7 Å². The van der Waals surface area contributed by atoms with Gasteiger partial charge in [-0.2, -0.15) is 12.7 Å². The molecule has 0 aliphatic rings. The highest BCUT2D eigenvalue weighted by Crippen LogP contribution is 2.20. The third kappa shape index (κ3) is 7.03. The van der Waals surface area contributed by atoms with Crippen molar-refractivity contribution < 1.29 is 18.0 Å². The lowest BCUT2D eigenvalue weighted by atomic mass is 10.1. The number of aryl methyl sites for hydroxylation is 1. The van der Waals surface area contributed by atoms with E-state index in [1.165, 1.54) is 19.0 Å². The largest absolute Gasteiger partial charge is 0.352 e. The van der Waals surface area contributed by atoms with Crippen LogP contribution in [0.1, 0.15) is 31.9 Å². The third-order valence-corrected chi connectivity index (χ3v) is 6.92. The highest BCUT2D eigenvalue weighted by Gasteiger charge is 2.32. The van der Waals surface area contributed by atoms with Crippen LogP contribution in [0.25, 0.3) is 0 Å². The minimum absolute atomic E-state index is 0.0918. The molecular weight excluding hydrogens is 440 g/mol. The van der Waals surface area contributed by atoms with Crippen LogP contribution < -0.4 is 9.62 Å². The Morgan fingerprint density at radius 1 is 0.970 bits per heavy atom. The van der Waals surface area contributed by atoms with Gasteiger partial charge in [-0.05, 0) is 45.4 Å². The minimum Gasteiger partial charge on any atom is -0.352 e. The van der Waals surface area contributed by atoms with E-state index in [0.717, 1.165) is 19.7 Å². The zero-order valence-corrected chi connectivity index (χ0v) is 21.0. The van der Waals surface area contributed by atoms with Crippen molar-refractivity contribution in [2.24, 2.45) is 0 Å². The lowest BCUT2D eigenvalue weighted by molar-refractivity contribution is -0.139. The van der Waals surface area contributed by atoms with Crippen LogP contribution in [0, 0.1) is 6.92 Å². The van der Waals surface area contributed by atoms with Crippen molar-refractivity contribution in [1.29, 1.82) is 0 Å². The van der Waals surface area contributed by atoms with Gasteiger partial charge >= 0.3 is 10.2 Å². The van der Waals surface area contributed by atoms with Gasteiger partial charge in [-0.1, -0.05) is 48.0 Å². The molecule has 1 atom stereocenters. The number of nitrogens with zero attached hydrogens (tertiary/aromatic N) is 3. The number of carbonyl (C=O) groups excluding carboxylic acids is 2. The van der Waals surface area contributed by atoms with Crippen LogP contribution in [0.2, 0.25) is 0 Å². The van der Waals surface area contributed by atoms with Crippen molar-refractivity contribution in [2.45, 2.75) is 46.3 Å². The second kappa shape index (κ2) is 11.3. The Morgan fingerprint density at radius 3 is 2.15 bits per heavy atom. The molecule has 0 aromatic heterocycles. The number of carbonyl (C=O) groups is 2. The Kier molecular flexibility index (Phi) is 9.01. The lowest BCUT2D eigenvalue weighted by Gasteiger charge is -2.33. The molecule has 2 amide bonds. The van der Waals surface area contributed by atoms with Crippen LogP contribution in [0.15, 0.2) is 54.6 Å². The van der Waals surface area contributed by atoms with Crippen LogP contribution in [0.3, 0.4) is 0 Å². The molecule has 8 nitrogen and oxygen atoms in total. The zero-order valence-electron chi connectivity index (χ0n) is 20.1. The molecule has 180 valence electrons. The van der Waals surface area contributed by atoms with Gasteiger partial charge < -0.3 is 10.2 Å². The Balaban J connectivity index is 2.43. The molecule has 0 fully saturated rings. The molecule has 0 unspecified atom stereocenters. The number of anilines is 1. The quantitative estimate of drug-likeness (QED) is 0.573. The second-order valence-electron chi connectivity index (χ2n) is 8.48. The molecule has 1 N–H and O–H groups in total. The summed E-state index contributed by atoms with van der Waals surface area (Å²) in [5.74, 6) is -0.773. The molecule has 0 heterocycles. The van der Waals surface area contributed by atoms with Crippen LogP contribution in [0.4, 0.5) is 5.69 Å². The first-order valence-corrected chi connectivity index (χ1v) is 12.2. The first kappa shape index (κ1) is 26.3. The van der Waals surface area contributed by atoms with Gasteiger partial charge in [0, 0.05) is 26.7 Å². The number of para-hydroxylation sites is 1. The van der Waals surface area contributed by atoms with E-state index in [9.17, 15) is 18.0 Å². The van der Waals surface area contributed by atoms with E-state index in [1.54, 1.807) is 37.3 Å². The standard InChI is InChI=1S/C24H34N4O4S/c1-18(2)25-24(30)20(4)27(16-21-12-10-11-19(3)15-21)23(29)17-28(33(31,32)26(5)6)22-13-8-7-9-14-22/h7-15,18,20H,16-17H2,1-6H3,(H,25,30)/t20-/m1/s1. The van der Waals surface area contributed by atoms with Crippen LogP contribution in [0.5, 0.6) is 0 Å². The van der Waals surface area contributed by atoms with Crippen molar-refractivity contribution in [2.75, 3.05) is 24.9 Å². The Morgan fingerprint density at radius 2 is 1.61 bits per heavy atom. The Labute approximate surface area is 197 Å². The predicted molar refractivity (Wildman–Crippen MR) is 131 cm³/mol. The minimum atomic E-state index is -3.95. The summed E-state index contributed by atoms with van der Waals surface area (Å²) in [5, 5.41) is 2.84. The van der Waals surface area contributed by atoms with Crippen molar-refractivity contribution in [3.8, 4) is 0 Å². The maximum absolute atomic E-state index is 13.5. The normalized spacial score (nSPS) is 12.5. The fraction of sp³-hybridized carbons (Fsp3) is 0.417. The van der Waals surface area contributed by atoms with E-state index in [1.807, 2.05) is 45.0 Å². The first-order valence-electron chi connectivity index (χ1n) is 10.8. The summed E-state index contributed by atoms with van der Waals surface area (Å²) in [6.07, 6.45) is 0. The number of amides is 2. The molecule has 0 radical (unpaired) electrons. The summed E-state index contributed by atoms with van der Waals surface area (Å²) in [5.41, 5.74) is 2.25. The lowest BCUT2D eigenvalue weighted by Crippen LogP contribution is -2.53. The fourth-order valence-corrected chi connectivity index (χ4v) is 4.36. The van der Waals surface area contributed by atoms with Gasteiger partial charge in [0.1, 0.15) is 12.6 Å². The molecule has 0 bridgehead atoms. The highest BCUT2D eigenvalue weighted by molar-refractivity contribution is 7.90.